The average molecular weight is 222 g/mol. The minimum absolute atomic E-state index is 0.163. The number of ketones is 1. The summed E-state index contributed by atoms with van der Waals surface area (Å²) in [5.41, 5.74) is 1.01. The topological polar surface area (TPSA) is 63.6 Å². The van der Waals surface area contributed by atoms with Gasteiger partial charge in [0.2, 0.25) is 0 Å². The minimum Gasteiger partial charge on any atom is -0.496 e. The molecule has 0 aliphatic heterocycles. The summed E-state index contributed by atoms with van der Waals surface area (Å²) in [7, 11) is 1.54. The molecular weight excluding hydrogens is 208 g/mol. The number of carbonyl (C=O) groups excluding carboxylic acids is 1. The molecule has 1 N–H and O–H groups in total. The number of hydrogen-bond acceptors (Lipinski definition) is 3. The van der Waals surface area contributed by atoms with Gasteiger partial charge in [0.1, 0.15) is 5.75 Å². The predicted octanol–water partition coefficient (Wildman–Crippen LogP) is 2.09. The molecule has 1 aromatic carbocycles. The summed E-state index contributed by atoms with van der Waals surface area (Å²) in [5, 5.41) is 8.61. The highest BCUT2D eigenvalue weighted by Gasteiger charge is 2.17. The zero-order valence-corrected chi connectivity index (χ0v) is 9.48. The Morgan fingerprint density at radius 1 is 1.31 bits per heavy atom. The number of benzene rings is 1. The summed E-state index contributed by atoms with van der Waals surface area (Å²) in [4.78, 5) is 21.8. The van der Waals surface area contributed by atoms with Crippen LogP contribution in [0, 0.1) is 0 Å². The van der Waals surface area contributed by atoms with Crippen molar-refractivity contribution in [1.29, 1.82) is 0 Å². The Labute approximate surface area is 93.9 Å². The number of aliphatic carboxylic acids is 1. The number of ether oxygens (including phenoxy) is 1. The number of hydrogen-bond donors (Lipinski definition) is 1. The molecule has 0 spiro atoms. The Kier molecular flexibility index (Phi) is 3.66. The van der Waals surface area contributed by atoms with Crippen molar-refractivity contribution in [3.63, 3.8) is 0 Å². The highest BCUT2D eigenvalue weighted by atomic mass is 16.5. The minimum atomic E-state index is -1.44. The van der Waals surface area contributed by atoms with Gasteiger partial charge in [-0.05, 0) is 29.7 Å². The quantitative estimate of drug-likeness (QED) is 0.625. The van der Waals surface area contributed by atoms with Gasteiger partial charge in [-0.15, -0.1) is 0 Å². The van der Waals surface area contributed by atoms with Gasteiger partial charge in [0.15, 0.2) is 0 Å². The van der Waals surface area contributed by atoms with E-state index in [-0.39, 0.29) is 11.5 Å². The van der Waals surface area contributed by atoms with Crippen molar-refractivity contribution in [3.8, 4) is 5.75 Å². The third kappa shape index (κ3) is 2.39. The first-order chi connectivity index (χ1) is 7.47. The second-order valence-electron chi connectivity index (χ2n) is 3.75. The van der Waals surface area contributed by atoms with Gasteiger partial charge in [0.05, 0.1) is 7.11 Å². The molecule has 0 fully saturated rings. The van der Waals surface area contributed by atoms with Crippen molar-refractivity contribution in [2.24, 2.45) is 0 Å². The van der Waals surface area contributed by atoms with E-state index in [1.807, 2.05) is 13.8 Å². The van der Waals surface area contributed by atoms with Crippen molar-refractivity contribution in [1.82, 2.24) is 0 Å². The van der Waals surface area contributed by atoms with E-state index in [0.29, 0.717) is 5.75 Å². The Hall–Kier alpha value is -1.84. The average Bonchev–Trinajstić information content (AvgIpc) is 2.26. The maximum Gasteiger partial charge on any atom is 0.377 e. The van der Waals surface area contributed by atoms with Crippen molar-refractivity contribution in [2.45, 2.75) is 19.8 Å². The number of carboxylic acids is 1. The molecule has 1 aromatic rings. The van der Waals surface area contributed by atoms with Crippen LogP contribution in [-0.2, 0) is 4.79 Å². The number of methoxy groups -OCH3 is 1. The van der Waals surface area contributed by atoms with Crippen LogP contribution in [0.4, 0.5) is 0 Å². The summed E-state index contributed by atoms with van der Waals surface area (Å²) < 4.78 is 5.14. The molecule has 0 aliphatic rings. The van der Waals surface area contributed by atoms with Gasteiger partial charge < -0.3 is 9.84 Å². The van der Waals surface area contributed by atoms with E-state index in [0.717, 1.165) is 5.56 Å². The second-order valence-corrected chi connectivity index (χ2v) is 3.75. The number of rotatable bonds is 4. The highest BCUT2D eigenvalue weighted by Crippen LogP contribution is 2.27. The van der Waals surface area contributed by atoms with Crippen molar-refractivity contribution in [3.05, 3.63) is 29.3 Å². The van der Waals surface area contributed by atoms with Crippen LogP contribution in [0.15, 0.2) is 18.2 Å². The Bertz CT molecular complexity index is 421. The van der Waals surface area contributed by atoms with E-state index in [4.69, 9.17) is 9.84 Å². The third-order valence-corrected chi connectivity index (χ3v) is 2.31. The standard InChI is InChI=1S/C12H14O4/c1-7(2)9-6-8(11(13)12(14)15)4-5-10(9)16-3/h4-7H,1-3H3,(H,14,15). The fourth-order valence-corrected chi connectivity index (χ4v) is 1.45. The first-order valence-electron chi connectivity index (χ1n) is 4.93. The monoisotopic (exact) mass is 222 g/mol. The second kappa shape index (κ2) is 4.79. The lowest BCUT2D eigenvalue weighted by Crippen LogP contribution is -2.13. The molecule has 0 heterocycles. The number of Topliss-reactive ketones (excluding diaryl/α,β-unsaturated/α-hetero) is 1. The zero-order valence-electron chi connectivity index (χ0n) is 9.48. The van der Waals surface area contributed by atoms with Gasteiger partial charge in [0, 0.05) is 5.56 Å². The maximum absolute atomic E-state index is 11.3. The fraction of sp³-hybridized carbons (Fsp3) is 0.333. The van der Waals surface area contributed by atoms with Crippen molar-refractivity contribution in [2.75, 3.05) is 7.11 Å². The van der Waals surface area contributed by atoms with Gasteiger partial charge in [0.25, 0.3) is 5.78 Å². The Balaban J connectivity index is 3.22. The van der Waals surface area contributed by atoms with Crippen LogP contribution in [0.5, 0.6) is 5.75 Å². The molecule has 0 aliphatic carbocycles. The van der Waals surface area contributed by atoms with Crippen LogP contribution in [0.3, 0.4) is 0 Å². The molecule has 0 radical (unpaired) electrons. The molecule has 0 amide bonds. The molecule has 1 rings (SSSR count). The van der Waals surface area contributed by atoms with Gasteiger partial charge in [-0.3, -0.25) is 4.79 Å². The van der Waals surface area contributed by atoms with E-state index in [1.54, 1.807) is 19.2 Å². The van der Waals surface area contributed by atoms with E-state index in [9.17, 15) is 9.59 Å². The van der Waals surface area contributed by atoms with E-state index < -0.39 is 11.8 Å². The summed E-state index contributed by atoms with van der Waals surface area (Å²) in [6.45, 7) is 3.90. The van der Waals surface area contributed by atoms with Gasteiger partial charge in [-0.25, -0.2) is 4.79 Å². The van der Waals surface area contributed by atoms with Crippen LogP contribution in [0.1, 0.15) is 35.7 Å². The fourth-order valence-electron chi connectivity index (χ4n) is 1.45. The smallest absolute Gasteiger partial charge is 0.377 e. The number of carboxylic acid groups (broad SMARTS) is 1. The number of carbonyl (C=O) groups is 2. The lowest BCUT2D eigenvalue weighted by molar-refractivity contribution is -0.131. The summed E-state index contributed by atoms with van der Waals surface area (Å²) in [6.07, 6.45) is 0. The molecule has 0 aromatic heterocycles. The van der Waals surface area contributed by atoms with Gasteiger partial charge >= 0.3 is 5.97 Å². The lowest BCUT2D eigenvalue weighted by Gasteiger charge is -2.12. The Morgan fingerprint density at radius 2 is 1.94 bits per heavy atom. The first-order valence-corrected chi connectivity index (χ1v) is 4.93. The van der Waals surface area contributed by atoms with Crippen LogP contribution in [-0.4, -0.2) is 24.0 Å². The third-order valence-electron chi connectivity index (χ3n) is 2.31. The summed E-state index contributed by atoms with van der Waals surface area (Å²) in [5.74, 6) is -1.52. The summed E-state index contributed by atoms with van der Waals surface area (Å²) >= 11 is 0. The summed E-state index contributed by atoms with van der Waals surface area (Å²) in [6, 6.07) is 4.65. The molecule has 0 saturated carbocycles. The highest BCUT2D eigenvalue weighted by molar-refractivity contribution is 6.39. The molecule has 4 heteroatoms. The molecule has 0 atom stereocenters. The zero-order chi connectivity index (χ0) is 12.3. The van der Waals surface area contributed by atoms with E-state index >= 15 is 0 Å². The molecular formula is C12H14O4. The molecule has 86 valence electrons. The SMILES string of the molecule is COc1ccc(C(=O)C(=O)O)cc1C(C)C. The lowest BCUT2D eigenvalue weighted by atomic mass is 9.98. The van der Waals surface area contributed by atoms with E-state index in [2.05, 4.69) is 0 Å². The molecule has 0 bridgehead atoms. The van der Waals surface area contributed by atoms with E-state index in [1.165, 1.54) is 6.07 Å². The van der Waals surface area contributed by atoms with Crippen LogP contribution >= 0.6 is 0 Å². The first kappa shape index (κ1) is 12.2. The van der Waals surface area contributed by atoms with Gasteiger partial charge in [-0.1, -0.05) is 13.8 Å². The van der Waals surface area contributed by atoms with Gasteiger partial charge in [-0.2, -0.15) is 0 Å². The van der Waals surface area contributed by atoms with Crippen molar-refractivity contribution < 1.29 is 19.4 Å². The predicted molar refractivity (Wildman–Crippen MR) is 59.0 cm³/mol. The van der Waals surface area contributed by atoms with Crippen molar-refractivity contribution >= 4 is 11.8 Å². The normalized spacial score (nSPS) is 10.2. The Morgan fingerprint density at radius 3 is 2.38 bits per heavy atom. The largest absolute Gasteiger partial charge is 0.496 e. The molecule has 0 unspecified atom stereocenters. The molecule has 4 nitrogen and oxygen atoms in total. The van der Waals surface area contributed by atoms with Crippen LogP contribution in [0.25, 0.3) is 0 Å². The maximum atomic E-state index is 11.3. The molecule has 16 heavy (non-hydrogen) atoms. The van der Waals surface area contributed by atoms with Crippen LogP contribution in [0.2, 0.25) is 0 Å². The van der Waals surface area contributed by atoms with Crippen LogP contribution < -0.4 is 4.74 Å². The molecule has 0 saturated heterocycles.